The van der Waals surface area contributed by atoms with Crippen molar-refractivity contribution in [3.63, 3.8) is 0 Å². The largest absolute Gasteiger partial charge is 0.511 e. The van der Waals surface area contributed by atoms with Crippen LogP contribution in [0.15, 0.2) is 48.7 Å². The highest BCUT2D eigenvalue weighted by Gasteiger charge is 2.50. The molecular weight excluding hydrogens is 587 g/mol. The van der Waals surface area contributed by atoms with E-state index in [9.17, 15) is 26.4 Å². The molecule has 1 aromatic heterocycles. The number of piperidine rings is 1. The molecule has 42 heavy (non-hydrogen) atoms. The van der Waals surface area contributed by atoms with Crippen LogP contribution in [0.4, 0.5) is 13.2 Å². The minimum atomic E-state index is -5.37. The smallest absolute Gasteiger partial charge is 0.389 e. The van der Waals surface area contributed by atoms with Crippen LogP contribution in [0.5, 0.6) is 0 Å². The number of ketones is 1. The first-order valence-corrected chi connectivity index (χ1v) is 15.4. The Bertz CT molecular complexity index is 1560. The summed E-state index contributed by atoms with van der Waals surface area (Å²) < 4.78 is 65.9. The summed E-state index contributed by atoms with van der Waals surface area (Å²) in [5.74, 6) is 0.140. The third-order valence-corrected chi connectivity index (χ3v) is 9.76. The molecule has 228 valence electrons. The van der Waals surface area contributed by atoms with Gasteiger partial charge in [-0.05, 0) is 42.5 Å². The highest BCUT2D eigenvalue weighted by atomic mass is 32.2. The third-order valence-electron chi connectivity index (χ3n) is 7.90. The Morgan fingerprint density at radius 1 is 1.10 bits per heavy atom. The monoisotopic (exact) mass is 623 g/mol. The number of fused-ring (bicyclic) bond motifs is 1. The number of piperazine rings is 1. The van der Waals surface area contributed by atoms with Gasteiger partial charge in [-0.25, -0.2) is 8.42 Å². The zero-order valence-corrected chi connectivity index (χ0v) is 23.9. The number of rotatable bonds is 8. The van der Waals surface area contributed by atoms with Gasteiger partial charge in [0.25, 0.3) is 0 Å². The van der Waals surface area contributed by atoms with Crippen LogP contribution in [0.2, 0.25) is 0 Å². The quantitative estimate of drug-likeness (QED) is 0.324. The number of carbonyl (C=O) groups is 1. The molecule has 3 heterocycles. The number of hydrogen-bond acceptors (Lipinski definition) is 6. The van der Waals surface area contributed by atoms with Gasteiger partial charge in [0.05, 0.1) is 6.04 Å². The number of thiocarbonyl (C=S) groups is 1. The van der Waals surface area contributed by atoms with Crippen LogP contribution in [-0.4, -0.2) is 72.3 Å². The van der Waals surface area contributed by atoms with Crippen LogP contribution < -0.4 is 16.4 Å². The molecule has 0 bridgehead atoms. The molecule has 0 aliphatic carbocycles. The molecular formula is C29H36F3N5O3S2. The maximum Gasteiger partial charge on any atom is 0.511 e. The molecule has 0 saturated carbocycles. The second kappa shape index (κ2) is 12.8. The summed E-state index contributed by atoms with van der Waals surface area (Å²) in [6, 6.07) is 13.1. The number of benzene rings is 2. The number of nitrogens with one attached hydrogen (secondary N) is 2. The average Bonchev–Trinajstić information content (AvgIpc) is 3.35. The van der Waals surface area contributed by atoms with Crippen molar-refractivity contribution < 1.29 is 26.4 Å². The molecule has 2 fully saturated rings. The Balaban J connectivity index is 0.00000405. The fourth-order valence-electron chi connectivity index (χ4n) is 5.65. The highest BCUT2D eigenvalue weighted by Crippen LogP contribution is 2.38. The zero-order valence-electron chi connectivity index (χ0n) is 22.3. The van der Waals surface area contributed by atoms with E-state index in [2.05, 4.69) is 10.6 Å². The van der Waals surface area contributed by atoms with E-state index in [1.165, 1.54) is 0 Å². The van der Waals surface area contributed by atoms with E-state index in [4.69, 9.17) is 18.0 Å². The van der Waals surface area contributed by atoms with Crippen molar-refractivity contribution in [2.75, 3.05) is 32.7 Å². The maximum atomic E-state index is 13.1. The van der Waals surface area contributed by atoms with Crippen molar-refractivity contribution in [3.05, 3.63) is 59.8 Å². The Labute approximate surface area is 249 Å². The Hall–Kier alpha value is -2.84. The Kier molecular flexibility index (Phi) is 9.78. The van der Waals surface area contributed by atoms with Crippen LogP contribution >= 0.6 is 12.2 Å². The first-order valence-electron chi connectivity index (χ1n) is 13.5. The summed E-state index contributed by atoms with van der Waals surface area (Å²) >= 11 is 5.16. The van der Waals surface area contributed by atoms with E-state index >= 15 is 0 Å². The third kappa shape index (κ3) is 6.55. The van der Waals surface area contributed by atoms with Gasteiger partial charge in [-0.1, -0.05) is 50.0 Å². The SMILES string of the molecule is C.NC(=S)c1cccc(-c2cn(C3CCN(S(=O)(=O)C(F)(F)F)CC3)c3cc(CCC(=O)C4CNCCN4)ccc23)c1. The van der Waals surface area contributed by atoms with Crippen LogP contribution in [-0.2, 0) is 21.2 Å². The molecule has 0 amide bonds. The fourth-order valence-corrected chi connectivity index (χ4v) is 6.77. The first-order chi connectivity index (χ1) is 19.5. The summed E-state index contributed by atoms with van der Waals surface area (Å²) in [6.07, 6.45) is 3.35. The summed E-state index contributed by atoms with van der Waals surface area (Å²) in [5.41, 5.74) is 4.89. The Morgan fingerprint density at radius 2 is 1.83 bits per heavy atom. The lowest BCUT2D eigenvalue weighted by atomic mass is 9.99. The number of nitrogens with two attached hydrogens (primary N) is 1. The predicted octanol–water partition coefficient (Wildman–Crippen LogP) is 4.13. The van der Waals surface area contributed by atoms with E-state index in [0.29, 0.717) is 29.3 Å². The van der Waals surface area contributed by atoms with Crippen molar-refractivity contribution >= 4 is 43.9 Å². The molecule has 2 aromatic carbocycles. The standard InChI is InChI=1S/C28H32F3N5O3S2.CH4/c29-28(30,31)41(38,39)35-12-8-21(9-13-35)36-17-23(19-2-1-3-20(15-19)27(32)40)22-6-4-18(14-25(22)36)5-7-26(37)24-16-33-10-11-34-24;/h1-4,6,14-15,17,21,24,33-34H,5,7-13,16H2,(H2,32,40);1H4. The second-order valence-electron chi connectivity index (χ2n) is 10.5. The predicted molar refractivity (Wildman–Crippen MR) is 163 cm³/mol. The topological polar surface area (TPSA) is 109 Å². The van der Waals surface area contributed by atoms with Gasteiger partial charge in [-0.15, -0.1) is 0 Å². The van der Waals surface area contributed by atoms with Gasteiger partial charge in [0.15, 0.2) is 5.78 Å². The second-order valence-corrected chi connectivity index (χ2v) is 12.9. The molecule has 2 saturated heterocycles. The van der Waals surface area contributed by atoms with Crippen molar-refractivity contribution in [3.8, 4) is 11.1 Å². The lowest BCUT2D eigenvalue weighted by Crippen LogP contribution is -2.52. The number of carbonyl (C=O) groups excluding carboxylic acids is 1. The lowest BCUT2D eigenvalue weighted by molar-refractivity contribution is -0.121. The fraction of sp³-hybridized carbons (Fsp3) is 0.448. The van der Waals surface area contributed by atoms with Crippen molar-refractivity contribution in [2.45, 2.75) is 50.7 Å². The first kappa shape index (κ1) is 32.1. The number of aryl methyl sites for hydroxylation is 1. The molecule has 1 unspecified atom stereocenters. The van der Waals surface area contributed by atoms with E-state index in [1.54, 1.807) is 0 Å². The number of Topliss-reactive ketones (excluding diaryl/α,β-unsaturated/α-hetero) is 1. The van der Waals surface area contributed by atoms with Gasteiger partial charge in [-0.2, -0.15) is 17.5 Å². The number of nitrogens with zero attached hydrogens (tertiary/aromatic N) is 2. The van der Waals surface area contributed by atoms with Crippen molar-refractivity contribution in [1.82, 2.24) is 19.5 Å². The highest BCUT2D eigenvalue weighted by molar-refractivity contribution is 7.90. The van der Waals surface area contributed by atoms with Crippen LogP contribution in [0.1, 0.15) is 43.9 Å². The maximum absolute atomic E-state index is 13.1. The summed E-state index contributed by atoms with van der Waals surface area (Å²) in [5, 5.41) is 7.40. The van der Waals surface area contributed by atoms with Gasteiger partial charge in [0.1, 0.15) is 4.99 Å². The molecule has 3 aromatic rings. The summed E-state index contributed by atoms with van der Waals surface area (Å²) in [7, 11) is -5.37. The molecule has 0 radical (unpaired) electrons. The lowest BCUT2D eigenvalue weighted by Gasteiger charge is -2.32. The van der Waals surface area contributed by atoms with Gasteiger partial charge in [-0.3, -0.25) is 4.79 Å². The minimum Gasteiger partial charge on any atom is -0.389 e. The zero-order chi connectivity index (χ0) is 29.4. The van der Waals surface area contributed by atoms with E-state index in [-0.39, 0.29) is 56.2 Å². The molecule has 8 nitrogen and oxygen atoms in total. The molecule has 0 spiro atoms. The molecule has 13 heteroatoms. The molecule has 2 aliphatic heterocycles. The van der Waals surface area contributed by atoms with Gasteiger partial charge >= 0.3 is 15.5 Å². The number of aromatic nitrogens is 1. The molecule has 5 rings (SSSR count). The number of hydrogen-bond donors (Lipinski definition) is 3. The van der Waals surface area contributed by atoms with Crippen molar-refractivity contribution in [2.24, 2.45) is 5.73 Å². The Morgan fingerprint density at radius 3 is 2.48 bits per heavy atom. The van der Waals surface area contributed by atoms with Crippen molar-refractivity contribution in [1.29, 1.82) is 0 Å². The van der Waals surface area contributed by atoms with Crippen LogP contribution in [0.3, 0.4) is 0 Å². The molecule has 1 atom stereocenters. The van der Waals surface area contributed by atoms with E-state index in [0.717, 1.165) is 40.7 Å². The van der Waals surface area contributed by atoms with Crippen LogP contribution in [0, 0.1) is 0 Å². The molecule has 2 aliphatic rings. The van der Waals surface area contributed by atoms with Gasteiger partial charge in [0.2, 0.25) is 0 Å². The summed E-state index contributed by atoms with van der Waals surface area (Å²) in [4.78, 5) is 13.0. The number of halogens is 3. The molecule has 4 N–H and O–H groups in total. The van der Waals surface area contributed by atoms with Crippen LogP contribution in [0.25, 0.3) is 22.0 Å². The van der Waals surface area contributed by atoms with Gasteiger partial charge < -0.3 is 20.9 Å². The van der Waals surface area contributed by atoms with E-state index in [1.807, 2.05) is 53.2 Å². The normalized spacial score (nSPS) is 19.0. The number of sulfonamides is 1. The average molecular weight is 624 g/mol. The number of alkyl halides is 3. The minimum absolute atomic E-state index is 0. The summed E-state index contributed by atoms with van der Waals surface area (Å²) in [6.45, 7) is 1.74. The van der Waals surface area contributed by atoms with E-state index < -0.39 is 15.5 Å². The van der Waals surface area contributed by atoms with Gasteiger partial charge in [0, 0.05) is 73.4 Å².